The Hall–Kier alpha value is -6.76. The molecule has 2 aliphatic heterocycles. The zero-order valence-electron chi connectivity index (χ0n) is 37.1. The molecule has 67 heavy (non-hydrogen) atoms. The number of ether oxygens (including phenoxy) is 2. The van der Waals surface area contributed by atoms with Crippen LogP contribution in [0.4, 0.5) is 0 Å². The third-order valence-corrected chi connectivity index (χ3v) is 13.6. The van der Waals surface area contributed by atoms with Crippen LogP contribution in [0.5, 0.6) is 0 Å². The minimum absolute atomic E-state index is 0.0157. The lowest BCUT2D eigenvalue weighted by molar-refractivity contribution is 0.0475. The number of carboxylic acid groups (broad SMARTS) is 1. The molecular formula is C50H50N8O7S2. The molecule has 4 aromatic carbocycles. The fraction of sp³-hybridized carbons (Fsp3) is 0.280. The number of thiazole rings is 2. The second-order valence-electron chi connectivity index (χ2n) is 16.2. The van der Waals surface area contributed by atoms with E-state index in [2.05, 4.69) is 60.6 Å². The molecule has 2 aliphatic rings. The summed E-state index contributed by atoms with van der Waals surface area (Å²) in [5, 5.41) is 26.0. The average Bonchev–Trinajstić information content (AvgIpc) is 4.24. The molecule has 6 heterocycles. The summed E-state index contributed by atoms with van der Waals surface area (Å²) in [5.74, 6) is 0.693. The van der Waals surface area contributed by atoms with E-state index in [1.54, 1.807) is 60.8 Å². The van der Waals surface area contributed by atoms with E-state index in [9.17, 15) is 9.59 Å². The molecule has 15 nitrogen and oxygen atoms in total. The Balaban J connectivity index is 0.000000151. The van der Waals surface area contributed by atoms with Crippen molar-refractivity contribution < 1.29 is 33.2 Å². The third-order valence-electron chi connectivity index (χ3n) is 11.8. The summed E-state index contributed by atoms with van der Waals surface area (Å²) in [7, 11) is 0. The van der Waals surface area contributed by atoms with E-state index in [0.717, 1.165) is 71.4 Å². The maximum atomic E-state index is 13.1. The normalized spacial score (nSPS) is 15.0. The van der Waals surface area contributed by atoms with Crippen molar-refractivity contribution in [2.24, 2.45) is 5.73 Å². The van der Waals surface area contributed by atoms with E-state index in [4.69, 9.17) is 39.3 Å². The number of rotatable bonds is 11. The van der Waals surface area contributed by atoms with E-state index in [-0.39, 0.29) is 22.3 Å². The smallest absolute Gasteiger partial charge is 0.335 e. The second kappa shape index (κ2) is 21.7. The number of nitrogens with two attached hydrogens (primary N) is 1. The summed E-state index contributed by atoms with van der Waals surface area (Å²) >= 11 is 3.34. The first-order valence-electron chi connectivity index (χ1n) is 21.9. The van der Waals surface area contributed by atoms with Crippen molar-refractivity contribution >= 4 is 34.6 Å². The van der Waals surface area contributed by atoms with Gasteiger partial charge in [-0.3, -0.25) is 4.79 Å². The number of aromatic carboxylic acids is 1. The Morgan fingerprint density at radius 1 is 0.612 bits per heavy atom. The van der Waals surface area contributed by atoms with Gasteiger partial charge in [-0.05, 0) is 49.9 Å². The van der Waals surface area contributed by atoms with Crippen molar-refractivity contribution in [2.45, 2.75) is 50.4 Å². The van der Waals surface area contributed by atoms with Crippen LogP contribution in [0.25, 0.3) is 43.9 Å². The molecule has 1 amide bonds. The molecule has 2 saturated heterocycles. The lowest BCUT2D eigenvalue weighted by atomic mass is 9.77. The molecule has 0 radical (unpaired) electrons. The molecule has 0 spiro atoms. The van der Waals surface area contributed by atoms with Crippen molar-refractivity contribution in [1.82, 2.24) is 35.6 Å². The van der Waals surface area contributed by atoms with Crippen LogP contribution in [0, 0.1) is 13.8 Å². The standard InChI is InChI=1S/C25H24N4O3S.C15H18N2OS.C10H8N2O3/c1-17-27-22(29-32-17)19-8-5-9-20(14-19)23(30)26-16-25(10-12-31-13-11-25)21-15-33-24(28-21)18-6-3-2-4-7-18;16-11-15(6-8-18-9-7-15)13-10-19-14(17-13)12-4-2-1-3-5-12;1-6-11-9(12-15-6)7-3-2-4-8(5-7)10(13)14/h2-9,14-15H,10-13,16H2,1H3,(H,26,30);1-5,10H,6-9,11,16H2;2-5H,1H3,(H,13,14). The molecule has 2 fully saturated rings. The van der Waals surface area contributed by atoms with Gasteiger partial charge in [0, 0.05) is 103 Å². The van der Waals surface area contributed by atoms with Crippen molar-refractivity contribution in [3.63, 3.8) is 0 Å². The van der Waals surface area contributed by atoms with Crippen molar-refractivity contribution in [3.8, 4) is 43.9 Å². The van der Waals surface area contributed by atoms with Crippen LogP contribution >= 0.6 is 22.7 Å². The van der Waals surface area contributed by atoms with Gasteiger partial charge in [0.15, 0.2) is 0 Å². The topological polar surface area (TPSA) is 214 Å². The number of nitrogens with one attached hydrogen (secondary N) is 1. The number of carbonyl (C=O) groups is 2. The first-order chi connectivity index (χ1) is 32.6. The van der Waals surface area contributed by atoms with Crippen molar-refractivity contribution in [3.05, 3.63) is 154 Å². The Morgan fingerprint density at radius 2 is 1.06 bits per heavy atom. The molecule has 10 rings (SSSR count). The van der Waals surface area contributed by atoms with Crippen LogP contribution < -0.4 is 11.1 Å². The predicted octanol–water partition coefficient (Wildman–Crippen LogP) is 9.21. The number of amides is 1. The maximum Gasteiger partial charge on any atom is 0.335 e. The number of nitrogens with zero attached hydrogens (tertiary/aromatic N) is 6. The molecule has 17 heteroatoms. The summed E-state index contributed by atoms with van der Waals surface area (Å²) in [6.07, 6.45) is 3.57. The van der Waals surface area contributed by atoms with E-state index in [1.165, 1.54) is 17.7 Å². The Morgan fingerprint density at radius 3 is 1.52 bits per heavy atom. The zero-order chi connectivity index (χ0) is 46.6. The summed E-state index contributed by atoms with van der Waals surface area (Å²) in [4.78, 5) is 41.8. The molecule has 4 N–H and O–H groups in total. The molecule has 0 atom stereocenters. The van der Waals surface area contributed by atoms with Gasteiger partial charge in [-0.15, -0.1) is 22.7 Å². The first kappa shape index (κ1) is 46.8. The molecule has 4 aromatic heterocycles. The SMILES string of the molecule is Cc1nc(-c2cccc(C(=O)NCC3(c4csc(-c5ccccc5)n4)CCOCC3)c2)no1.Cc1nc(-c2cccc(C(=O)O)c2)no1.NCC1(c2csc(-c3ccccc3)n2)CCOCC1. The zero-order valence-corrected chi connectivity index (χ0v) is 38.7. The lowest BCUT2D eigenvalue weighted by Gasteiger charge is -2.36. The minimum Gasteiger partial charge on any atom is -0.478 e. The number of hydrogen-bond donors (Lipinski definition) is 3. The Bertz CT molecular complexity index is 2870. The number of aromatic nitrogens is 6. The number of carboxylic acids is 1. The van der Waals surface area contributed by atoms with Crippen molar-refractivity contribution in [1.29, 1.82) is 0 Å². The molecule has 0 aliphatic carbocycles. The predicted molar refractivity (Wildman–Crippen MR) is 256 cm³/mol. The average molecular weight is 939 g/mol. The fourth-order valence-electron chi connectivity index (χ4n) is 7.85. The number of aryl methyl sites for hydroxylation is 2. The molecule has 8 aromatic rings. The third kappa shape index (κ3) is 11.4. The van der Waals surface area contributed by atoms with Gasteiger partial charge in [0.1, 0.15) is 10.0 Å². The van der Waals surface area contributed by atoms with Crippen molar-refractivity contribution in [2.75, 3.05) is 39.5 Å². The molecule has 0 unspecified atom stereocenters. The highest BCUT2D eigenvalue weighted by Crippen LogP contribution is 2.38. The fourth-order valence-corrected chi connectivity index (χ4v) is 9.75. The summed E-state index contributed by atoms with van der Waals surface area (Å²) in [6, 6.07) is 34.1. The van der Waals surface area contributed by atoms with Crippen LogP contribution in [0.2, 0.25) is 0 Å². The molecule has 344 valence electrons. The minimum atomic E-state index is -0.975. The highest BCUT2D eigenvalue weighted by molar-refractivity contribution is 7.13. The highest BCUT2D eigenvalue weighted by atomic mass is 32.1. The Labute approximate surface area is 395 Å². The van der Waals surface area contributed by atoms with Crippen LogP contribution in [0.1, 0.15) is 69.6 Å². The van der Waals surface area contributed by atoms with Gasteiger partial charge in [-0.25, -0.2) is 14.8 Å². The molecule has 0 saturated carbocycles. The van der Waals surface area contributed by atoms with Crippen LogP contribution in [0.3, 0.4) is 0 Å². The van der Waals surface area contributed by atoms with Crippen LogP contribution in [0.15, 0.2) is 129 Å². The van der Waals surface area contributed by atoms with Gasteiger partial charge in [0.2, 0.25) is 23.4 Å². The second-order valence-corrected chi connectivity index (χ2v) is 17.9. The van der Waals surface area contributed by atoms with E-state index in [1.807, 2.05) is 48.5 Å². The van der Waals surface area contributed by atoms with Gasteiger partial charge in [-0.1, -0.05) is 95.2 Å². The van der Waals surface area contributed by atoms with Gasteiger partial charge in [0.05, 0.1) is 17.0 Å². The van der Waals surface area contributed by atoms with Gasteiger partial charge >= 0.3 is 5.97 Å². The molecular weight excluding hydrogens is 889 g/mol. The van der Waals surface area contributed by atoms with Crippen LogP contribution in [-0.4, -0.2) is 86.7 Å². The van der Waals surface area contributed by atoms with Gasteiger partial charge < -0.3 is 34.7 Å². The number of benzene rings is 4. The summed E-state index contributed by atoms with van der Waals surface area (Å²) in [6.45, 7) is 7.44. The van der Waals surface area contributed by atoms with Gasteiger partial charge in [0.25, 0.3) is 5.91 Å². The summed E-state index contributed by atoms with van der Waals surface area (Å²) in [5.41, 5.74) is 12.4. The van der Waals surface area contributed by atoms with E-state index < -0.39 is 5.97 Å². The lowest BCUT2D eigenvalue weighted by Crippen LogP contribution is -2.44. The number of hydrogen-bond acceptors (Lipinski definition) is 15. The quantitative estimate of drug-likeness (QED) is 0.110. The monoisotopic (exact) mass is 938 g/mol. The highest BCUT2D eigenvalue weighted by Gasteiger charge is 2.38. The van der Waals surface area contributed by atoms with Crippen LogP contribution in [-0.2, 0) is 20.3 Å². The maximum absolute atomic E-state index is 13.1. The van der Waals surface area contributed by atoms with Gasteiger partial charge in [-0.2, -0.15) is 9.97 Å². The Kier molecular flexibility index (Phi) is 15.1. The first-order valence-corrected chi connectivity index (χ1v) is 23.6. The van der Waals surface area contributed by atoms with E-state index >= 15 is 0 Å². The number of carbonyl (C=O) groups excluding carboxylic acids is 1. The summed E-state index contributed by atoms with van der Waals surface area (Å²) < 4.78 is 21.0. The largest absolute Gasteiger partial charge is 0.478 e. The van der Waals surface area contributed by atoms with E-state index in [0.29, 0.717) is 60.9 Å². The molecule has 0 bridgehead atoms.